The Balaban J connectivity index is 2.05. The maximum absolute atomic E-state index is 12.7. The molecule has 0 radical (unpaired) electrons. The molecule has 2 atom stereocenters. The first-order valence-electron chi connectivity index (χ1n) is 7.09. The SMILES string of the molecule is CC(C)(C)NCC1CCC1c1cccc(C(F)(F)F)c1. The van der Waals surface area contributed by atoms with Gasteiger partial charge in [0.1, 0.15) is 0 Å². The van der Waals surface area contributed by atoms with Gasteiger partial charge in [-0.3, -0.25) is 0 Å². The zero-order valence-corrected chi connectivity index (χ0v) is 12.2. The van der Waals surface area contributed by atoms with Gasteiger partial charge in [0.2, 0.25) is 0 Å². The zero-order chi connectivity index (χ0) is 15.0. The minimum Gasteiger partial charge on any atom is -0.312 e. The normalized spacial score (nSPS) is 23.5. The molecule has 0 spiro atoms. The molecular weight excluding hydrogens is 263 g/mol. The van der Waals surface area contributed by atoms with Crippen molar-refractivity contribution in [3.8, 4) is 0 Å². The number of alkyl halides is 3. The van der Waals surface area contributed by atoms with Crippen LogP contribution in [0.5, 0.6) is 0 Å². The molecule has 0 bridgehead atoms. The van der Waals surface area contributed by atoms with Gasteiger partial charge in [-0.25, -0.2) is 0 Å². The second kappa shape index (κ2) is 5.40. The molecule has 1 aliphatic carbocycles. The van der Waals surface area contributed by atoms with Gasteiger partial charge in [0.25, 0.3) is 0 Å². The Morgan fingerprint density at radius 2 is 1.85 bits per heavy atom. The van der Waals surface area contributed by atoms with Gasteiger partial charge in [0.15, 0.2) is 0 Å². The van der Waals surface area contributed by atoms with Crippen LogP contribution in [-0.2, 0) is 6.18 Å². The van der Waals surface area contributed by atoms with Crippen molar-refractivity contribution in [2.75, 3.05) is 6.54 Å². The fourth-order valence-corrected chi connectivity index (χ4v) is 2.64. The van der Waals surface area contributed by atoms with E-state index in [4.69, 9.17) is 0 Å². The second-order valence-electron chi connectivity index (χ2n) is 6.70. The van der Waals surface area contributed by atoms with E-state index in [-0.39, 0.29) is 11.5 Å². The molecule has 1 aromatic carbocycles. The molecule has 20 heavy (non-hydrogen) atoms. The summed E-state index contributed by atoms with van der Waals surface area (Å²) in [5.74, 6) is 0.699. The summed E-state index contributed by atoms with van der Waals surface area (Å²) in [7, 11) is 0. The van der Waals surface area contributed by atoms with E-state index in [9.17, 15) is 13.2 Å². The van der Waals surface area contributed by atoms with Gasteiger partial charge < -0.3 is 5.32 Å². The highest BCUT2D eigenvalue weighted by Crippen LogP contribution is 2.43. The molecule has 0 aromatic heterocycles. The van der Waals surface area contributed by atoms with Gasteiger partial charge in [-0.15, -0.1) is 0 Å². The van der Waals surface area contributed by atoms with E-state index < -0.39 is 11.7 Å². The number of hydrogen-bond acceptors (Lipinski definition) is 1. The van der Waals surface area contributed by atoms with E-state index in [1.165, 1.54) is 12.1 Å². The van der Waals surface area contributed by atoms with Crippen LogP contribution in [0.2, 0.25) is 0 Å². The highest BCUT2D eigenvalue weighted by molar-refractivity contribution is 5.30. The molecule has 2 rings (SSSR count). The number of benzene rings is 1. The summed E-state index contributed by atoms with van der Waals surface area (Å²) < 4.78 is 38.2. The molecule has 0 heterocycles. The summed E-state index contributed by atoms with van der Waals surface area (Å²) in [6.07, 6.45) is -2.18. The Morgan fingerprint density at radius 1 is 1.15 bits per heavy atom. The van der Waals surface area contributed by atoms with E-state index in [1.54, 1.807) is 0 Å². The van der Waals surface area contributed by atoms with E-state index >= 15 is 0 Å². The minimum absolute atomic E-state index is 0.0496. The average molecular weight is 285 g/mol. The van der Waals surface area contributed by atoms with Crippen LogP contribution in [0.1, 0.15) is 50.7 Å². The van der Waals surface area contributed by atoms with Gasteiger partial charge in [-0.1, -0.05) is 18.2 Å². The van der Waals surface area contributed by atoms with E-state index in [0.29, 0.717) is 5.92 Å². The monoisotopic (exact) mass is 285 g/mol. The molecule has 1 aliphatic rings. The van der Waals surface area contributed by atoms with Gasteiger partial charge in [-0.05, 0) is 63.6 Å². The van der Waals surface area contributed by atoms with Gasteiger partial charge >= 0.3 is 6.18 Å². The highest BCUT2D eigenvalue weighted by atomic mass is 19.4. The predicted molar refractivity (Wildman–Crippen MR) is 74.7 cm³/mol. The van der Waals surface area contributed by atoms with Gasteiger partial charge in [-0.2, -0.15) is 13.2 Å². The van der Waals surface area contributed by atoms with Crippen molar-refractivity contribution in [2.45, 2.75) is 51.2 Å². The van der Waals surface area contributed by atoms with Crippen molar-refractivity contribution in [2.24, 2.45) is 5.92 Å². The third kappa shape index (κ3) is 3.75. The maximum Gasteiger partial charge on any atom is 0.416 e. The van der Waals surface area contributed by atoms with Crippen molar-refractivity contribution in [3.05, 3.63) is 35.4 Å². The lowest BCUT2D eigenvalue weighted by Crippen LogP contribution is -2.43. The molecule has 1 saturated carbocycles. The van der Waals surface area contributed by atoms with Crippen molar-refractivity contribution in [3.63, 3.8) is 0 Å². The van der Waals surface area contributed by atoms with Crippen LogP contribution in [-0.4, -0.2) is 12.1 Å². The standard InChI is InChI=1S/C16H22F3N/c1-15(2,3)20-10-12-7-8-14(12)11-5-4-6-13(9-11)16(17,18)19/h4-6,9,12,14,20H,7-8,10H2,1-3H3. The van der Waals surface area contributed by atoms with E-state index in [0.717, 1.165) is 31.0 Å². The summed E-state index contributed by atoms with van der Waals surface area (Å²) in [4.78, 5) is 0. The Kier molecular flexibility index (Phi) is 4.14. The van der Waals surface area contributed by atoms with Crippen LogP contribution in [0.4, 0.5) is 13.2 Å². The molecule has 112 valence electrons. The number of nitrogens with one attached hydrogen (secondary N) is 1. The zero-order valence-electron chi connectivity index (χ0n) is 12.2. The summed E-state index contributed by atoms with van der Waals surface area (Å²) in [5.41, 5.74) is 0.338. The maximum atomic E-state index is 12.7. The molecule has 1 aromatic rings. The Labute approximate surface area is 118 Å². The lowest BCUT2D eigenvalue weighted by atomic mass is 9.69. The lowest BCUT2D eigenvalue weighted by Gasteiger charge is -2.39. The van der Waals surface area contributed by atoms with Gasteiger partial charge in [0.05, 0.1) is 5.56 Å². The van der Waals surface area contributed by atoms with Crippen molar-refractivity contribution in [1.82, 2.24) is 5.32 Å². The van der Waals surface area contributed by atoms with Crippen LogP contribution in [0.3, 0.4) is 0 Å². The fourth-order valence-electron chi connectivity index (χ4n) is 2.64. The smallest absolute Gasteiger partial charge is 0.312 e. The lowest BCUT2D eigenvalue weighted by molar-refractivity contribution is -0.137. The largest absolute Gasteiger partial charge is 0.416 e. The number of halogens is 3. The summed E-state index contributed by atoms with van der Waals surface area (Å²) in [5, 5.41) is 3.45. The predicted octanol–water partition coefficient (Wildman–Crippen LogP) is 4.59. The molecule has 0 aliphatic heterocycles. The Morgan fingerprint density at radius 3 is 2.35 bits per heavy atom. The average Bonchev–Trinajstić information content (AvgIpc) is 2.25. The molecule has 1 fully saturated rings. The van der Waals surface area contributed by atoms with Crippen LogP contribution in [0.15, 0.2) is 24.3 Å². The van der Waals surface area contributed by atoms with E-state index in [1.807, 2.05) is 6.07 Å². The summed E-state index contributed by atoms with van der Waals surface area (Å²) >= 11 is 0. The Bertz CT molecular complexity index is 460. The quantitative estimate of drug-likeness (QED) is 0.856. The molecule has 1 nitrogen and oxygen atoms in total. The van der Waals surface area contributed by atoms with Crippen LogP contribution < -0.4 is 5.32 Å². The molecule has 0 amide bonds. The molecule has 2 unspecified atom stereocenters. The van der Waals surface area contributed by atoms with Gasteiger partial charge in [0, 0.05) is 5.54 Å². The molecule has 0 saturated heterocycles. The third-order valence-electron chi connectivity index (χ3n) is 3.95. The van der Waals surface area contributed by atoms with E-state index in [2.05, 4.69) is 26.1 Å². The summed E-state index contributed by atoms with van der Waals surface area (Å²) in [6, 6.07) is 5.80. The topological polar surface area (TPSA) is 12.0 Å². The first-order valence-corrected chi connectivity index (χ1v) is 7.09. The highest BCUT2D eigenvalue weighted by Gasteiger charge is 2.35. The van der Waals surface area contributed by atoms with Crippen molar-refractivity contribution in [1.29, 1.82) is 0 Å². The number of hydrogen-bond donors (Lipinski definition) is 1. The molecule has 4 heteroatoms. The summed E-state index contributed by atoms with van der Waals surface area (Å²) in [6.45, 7) is 7.17. The Hall–Kier alpha value is -1.03. The number of rotatable bonds is 3. The third-order valence-corrected chi connectivity index (χ3v) is 3.95. The second-order valence-corrected chi connectivity index (χ2v) is 6.70. The van der Waals surface area contributed by atoms with Crippen LogP contribution in [0.25, 0.3) is 0 Å². The molecular formula is C16H22F3N. The van der Waals surface area contributed by atoms with Crippen molar-refractivity contribution < 1.29 is 13.2 Å². The first kappa shape index (κ1) is 15.4. The fraction of sp³-hybridized carbons (Fsp3) is 0.625. The van der Waals surface area contributed by atoms with Crippen LogP contribution in [0, 0.1) is 5.92 Å². The molecule has 1 N–H and O–H groups in total. The van der Waals surface area contributed by atoms with Crippen molar-refractivity contribution >= 4 is 0 Å². The first-order chi connectivity index (χ1) is 9.17. The van der Waals surface area contributed by atoms with Crippen LogP contribution >= 0.6 is 0 Å². The minimum atomic E-state index is -4.25.